The number of benzene rings is 3. The minimum atomic E-state index is -0.369. The third-order valence-electron chi connectivity index (χ3n) is 5.23. The van der Waals surface area contributed by atoms with Crippen LogP contribution in [0.2, 0.25) is 5.02 Å². The first-order valence-corrected chi connectivity index (χ1v) is 10.9. The van der Waals surface area contributed by atoms with Crippen molar-refractivity contribution in [1.82, 2.24) is 9.99 Å². The van der Waals surface area contributed by atoms with E-state index < -0.39 is 0 Å². The maximum absolute atomic E-state index is 12.5. The summed E-state index contributed by atoms with van der Waals surface area (Å²) in [6.45, 7) is 4.56. The van der Waals surface area contributed by atoms with Crippen LogP contribution in [0.5, 0.6) is 5.75 Å². The van der Waals surface area contributed by atoms with Gasteiger partial charge in [-0.3, -0.25) is 4.79 Å². The Hall–Kier alpha value is -3.83. The third-order valence-corrected chi connectivity index (χ3v) is 5.55. The Labute approximate surface area is 198 Å². The molecule has 1 amide bonds. The first-order chi connectivity index (χ1) is 16.0. The first-order valence-electron chi connectivity index (χ1n) is 10.6. The number of hydrogen-bond acceptors (Lipinski definition) is 3. The van der Waals surface area contributed by atoms with E-state index in [1.54, 1.807) is 18.3 Å². The van der Waals surface area contributed by atoms with E-state index >= 15 is 0 Å². The molecular weight excluding hydrogens is 434 g/mol. The fourth-order valence-corrected chi connectivity index (χ4v) is 3.78. The lowest BCUT2D eigenvalue weighted by atomic mass is 10.2. The summed E-state index contributed by atoms with van der Waals surface area (Å²) >= 11 is 6.39. The summed E-state index contributed by atoms with van der Waals surface area (Å²) < 4.78 is 7.86. The SMILES string of the molecule is Cc1ccc(C)n1-c1ccc(C(=O)N/N=C\c2ccc(OCc3ccccc3)cc2)c(Cl)c1. The highest BCUT2D eigenvalue weighted by Crippen LogP contribution is 2.23. The van der Waals surface area contributed by atoms with Gasteiger partial charge in [-0.2, -0.15) is 5.10 Å². The van der Waals surface area contributed by atoms with Crippen LogP contribution in [0.1, 0.15) is 32.9 Å². The van der Waals surface area contributed by atoms with Gasteiger partial charge in [0.25, 0.3) is 5.91 Å². The Balaban J connectivity index is 1.35. The van der Waals surface area contributed by atoms with Gasteiger partial charge in [0.1, 0.15) is 12.4 Å². The molecular formula is C27H24ClN3O2. The number of amides is 1. The number of hydrogen-bond donors (Lipinski definition) is 1. The number of rotatable bonds is 7. The number of ether oxygens (including phenoxy) is 1. The van der Waals surface area contributed by atoms with Gasteiger partial charge in [-0.1, -0.05) is 41.9 Å². The lowest BCUT2D eigenvalue weighted by molar-refractivity contribution is 0.0955. The standard InChI is InChI=1S/C27H24ClN3O2/c1-19-8-9-20(2)31(19)23-12-15-25(26(28)16-23)27(32)30-29-17-21-10-13-24(14-11-21)33-18-22-6-4-3-5-7-22/h3-17H,18H2,1-2H3,(H,30,32)/b29-17-. The summed E-state index contributed by atoms with van der Waals surface area (Å²) in [7, 11) is 0. The molecule has 1 aromatic heterocycles. The molecule has 0 atom stereocenters. The summed E-state index contributed by atoms with van der Waals surface area (Å²) in [4.78, 5) is 12.5. The second kappa shape index (κ2) is 10.2. The molecule has 166 valence electrons. The highest BCUT2D eigenvalue weighted by atomic mass is 35.5. The third kappa shape index (κ3) is 5.51. The molecule has 6 heteroatoms. The largest absolute Gasteiger partial charge is 0.489 e. The zero-order chi connectivity index (χ0) is 23.2. The van der Waals surface area contributed by atoms with Gasteiger partial charge in [0.2, 0.25) is 0 Å². The van der Waals surface area contributed by atoms with E-state index in [0.29, 0.717) is 17.2 Å². The Morgan fingerprint density at radius 3 is 2.33 bits per heavy atom. The summed E-state index contributed by atoms with van der Waals surface area (Å²) in [5.74, 6) is 0.395. The molecule has 0 unspecified atom stereocenters. The van der Waals surface area contributed by atoms with Crippen molar-refractivity contribution in [3.05, 3.63) is 118 Å². The van der Waals surface area contributed by atoms with Crippen molar-refractivity contribution >= 4 is 23.7 Å². The van der Waals surface area contributed by atoms with E-state index in [4.69, 9.17) is 16.3 Å². The fourth-order valence-electron chi connectivity index (χ4n) is 3.52. The summed E-state index contributed by atoms with van der Waals surface area (Å²) in [5.41, 5.74) is 7.95. The zero-order valence-electron chi connectivity index (χ0n) is 18.5. The monoisotopic (exact) mass is 457 g/mol. The Kier molecular flexibility index (Phi) is 6.91. The van der Waals surface area contributed by atoms with Crippen molar-refractivity contribution in [2.24, 2.45) is 5.10 Å². The number of nitrogens with one attached hydrogen (secondary N) is 1. The van der Waals surface area contributed by atoms with Crippen LogP contribution in [0.4, 0.5) is 0 Å². The van der Waals surface area contributed by atoms with E-state index in [0.717, 1.165) is 34.0 Å². The quantitative estimate of drug-likeness (QED) is 0.269. The Morgan fingerprint density at radius 1 is 0.970 bits per heavy atom. The lowest BCUT2D eigenvalue weighted by Gasteiger charge is -2.11. The maximum Gasteiger partial charge on any atom is 0.272 e. The molecule has 1 heterocycles. The lowest BCUT2D eigenvalue weighted by Crippen LogP contribution is -2.18. The number of halogens is 1. The average Bonchev–Trinajstić information content (AvgIpc) is 3.17. The van der Waals surface area contributed by atoms with Crippen LogP contribution in [0.3, 0.4) is 0 Å². The molecule has 0 aliphatic rings. The van der Waals surface area contributed by atoms with Gasteiger partial charge in [-0.15, -0.1) is 0 Å². The number of carbonyl (C=O) groups excluding carboxylic acids is 1. The molecule has 0 saturated carbocycles. The molecule has 0 aliphatic carbocycles. The molecule has 0 bridgehead atoms. The minimum Gasteiger partial charge on any atom is -0.489 e. The number of nitrogens with zero attached hydrogens (tertiary/aromatic N) is 2. The summed E-state index contributed by atoms with van der Waals surface area (Å²) in [5, 5.41) is 4.42. The molecule has 5 nitrogen and oxygen atoms in total. The smallest absolute Gasteiger partial charge is 0.272 e. The van der Waals surface area contributed by atoms with Gasteiger partial charge in [-0.25, -0.2) is 5.43 Å². The van der Waals surface area contributed by atoms with Gasteiger partial charge in [0.05, 0.1) is 16.8 Å². The minimum absolute atomic E-state index is 0.365. The van der Waals surface area contributed by atoms with Gasteiger partial charge < -0.3 is 9.30 Å². The van der Waals surface area contributed by atoms with Crippen LogP contribution in [0, 0.1) is 13.8 Å². The predicted octanol–water partition coefficient (Wildman–Crippen LogP) is 6.09. The average molecular weight is 458 g/mol. The van der Waals surface area contributed by atoms with Crippen molar-refractivity contribution < 1.29 is 9.53 Å². The molecule has 0 fully saturated rings. The van der Waals surface area contributed by atoms with Gasteiger partial charge in [0, 0.05) is 17.1 Å². The fraction of sp³-hybridized carbons (Fsp3) is 0.111. The molecule has 3 aromatic carbocycles. The number of hydrazone groups is 1. The molecule has 4 aromatic rings. The van der Waals surface area contributed by atoms with Crippen LogP contribution in [-0.4, -0.2) is 16.7 Å². The van der Waals surface area contributed by atoms with E-state index in [2.05, 4.69) is 15.1 Å². The number of carbonyl (C=O) groups is 1. The van der Waals surface area contributed by atoms with Crippen LogP contribution in [-0.2, 0) is 6.61 Å². The topological polar surface area (TPSA) is 55.6 Å². The number of aromatic nitrogens is 1. The van der Waals surface area contributed by atoms with E-state index in [9.17, 15) is 4.79 Å². The van der Waals surface area contributed by atoms with Crippen LogP contribution < -0.4 is 10.2 Å². The van der Waals surface area contributed by atoms with Gasteiger partial charge >= 0.3 is 0 Å². The van der Waals surface area contributed by atoms with E-state index in [1.807, 2.05) is 86.6 Å². The first kappa shape index (κ1) is 22.4. The van der Waals surface area contributed by atoms with Crippen LogP contribution in [0.25, 0.3) is 5.69 Å². The second-order valence-corrected chi connectivity index (χ2v) is 8.07. The van der Waals surface area contributed by atoms with Crippen molar-refractivity contribution in [2.75, 3.05) is 0 Å². The van der Waals surface area contributed by atoms with Gasteiger partial charge in [0.15, 0.2) is 0 Å². The molecule has 0 spiro atoms. The summed E-state index contributed by atoms with van der Waals surface area (Å²) in [6.07, 6.45) is 1.58. The second-order valence-electron chi connectivity index (χ2n) is 7.66. The number of aryl methyl sites for hydroxylation is 2. The van der Waals surface area contributed by atoms with Gasteiger partial charge in [-0.05, 0) is 79.6 Å². The van der Waals surface area contributed by atoms with Crippen LogP contribution >= 0.6 is 11.6 Å². The highest BCUT2D eigenvalue weighted by molar-refractivity contribution is 6.34. The zero-order valence-corrected chi connectivity index (χ0v) is 19.2. The Bertz CT molecular complexity index is 1260. The maximum atomic E-state index is 12.5. The van der Waals surface area contributed by atoms with E-state index in [1.165, 1.54) is 0 Å². The molecule has 0 aliphatic heterocycles. The van der Waals surface area contributed by atoms with Crippen molar-refractivity contribution in [2.45, 2.75) is 20.5 Å². The Morgan fingerprint density at radius 2 is 1.67 bits per heavy atom. The van der Waals surface area contributed by atoms with Crippen molar-refractivity contribution in [3.8, 4) is 11.4 Å². The highest BCUT2D eigenvalue weighted by Gasteiger charge is 2.12. The van der Waals surface area contributed by atoms with Crippen LogP contribution in [0.15, 0.2) is 90.0 Å². The molecule has 1 N–H and O–H groups in total. The molecule has 33 heavy (non-hydrogen) atoms. The normalized spacial score (nSPS) is 11.0. The molecule has 0 radical (unpaired) electrons. The van der Waals surface area contributed by atoms with Crippen molar-refractivity contribution in [1.29, 1.82) is 0 Å². The molecule has 4 rings (SSSR count). The van der Waals surface area contributed by atoms with E-state index in [-0.39, 0.29) is 5.91 Å². The molecule has 0 saturated heterocycles. The van der Waals surface area contributed by atoms with Crippen molar-refractivity contribution in [3.63, 3.8) is 0 Å². The summed E-state index contributed by atoms with van der Waals surface area (Å²) in [6, 6.07) is 26.9. The predicted molar refractivity (Wildman–Crippen MR) is 133 cm³/mol.